The van der Waals surface area contributed by atoms with Crippen molar-refractivity contribution in [3.05, 3.63) is 28.2 Å². The van der Waals surface area contributed by atoms with Crippen molar-refractivity contribution in [1.82, 2.24) is 5.32 Å². The van der Waals surface area contributed by atoms with Gasteiger partial charge in [0.15, 0.2) is 0 Å². The summed E-state index contributed by atoms with van der Waals surface area (Å²) >= 11 is 3.46. The molecule has 0 bridgehead atoms. The molecule has 5 nitrogen and oxygen atoms in total. The van der Waals surface area contributed by atoms with E-state index in [1.807, 2.05) is 18.2 Å². The quantitative estimate of drug-likeness (QED) is 0.829. The van der Waals surface area contributed by atoms with E-state index in [0.717, 1.165) is 35.0 Å². The average molecular weight is 398 g/mol. The zero-order valence-corrected chi connectivity index (χ0v) is 15.5. The molecule has 3 atom stereocenters. The standard InChI is InChI=1S/C18H24BrNO4/c1-22-15-5-3-13(19)10-12(15)2-7-18(21)20-14-4-6-16-17(11-14)24-9-8-23-16/h3,5,10,14,16-17H,2,4,6-9,11H2,1H3,(H,20,21). The van der Waals surface area contributed by atoms with E-state index < -0.39 is 0 Å². The summed E-state index contributed by atoms with van der Waals surface area (Å²) in [6.45, 7) is 1.34. The van der Waals surface area contributed by atoms with Gasteiger partial charge in [-0.05, 0) is 49.4 Å². The summed E-state index contributed by atoms with van der Waals surface area (Å²) in [6.07, 6.45) is 4.20. The summed E-state index contributed by atoms with van der Waals surface area (Å²) in [5.41, 5.74) is 1.04. The van der Waals surface area contributed by atoms with Gasteiger partial charge < -0.3 is 19.5 Å². The maximum Gasteiger partial charge on any atom is 0.220 e. The van der Waals surface area contributed by atoms with E-state index in [1.165, 1.54) is 0 Å². The van der Waals surface area contributed by atoms with Crippen molar-refractivity contribution in [2.24, 2.45) is 0 Å². The Bertz CT molecular complexity index is 580. The highest BCUT2D eigenvalue weighted by atomic mass is 79.9. The number of hydrogen-bond acceptors (Lipinski definition) is 4. The lowest BCUT2D eigenvalue weighted by molar-refractivity contribution is -0.158. The molecular weight excluding hydrogens is 374 g/mol. The Morgan fingerprint density at radius 1 is 1.29 bits per heavy atom. The fourth-order valence-corrected chi connectivity index (χ4v) is 3.90. The predicted molar refractivity (Wildman–Crippen MR) is 94.3 cm³/mol. The van der Waals surface area contributed by atoms with Crippen molar-refractivity contribution in [3.8, 4) is 5.75 Å². The van der Waals surface area contributed by atoms with Gasteiger partial charge in [0.25, 0.3) is 0 Å². The smallest absolute Gasteiger partial charge is 0.220 e. The number of nitrogens with one attached hydrogen (secondary N) is 1. The fourth-order valence-electron chi connectivity index (χ4n) is 3.49. The SMILES string of the molecule is COc1ccc(Br)cc1CCC(=O)NC1CCC2OCCOC2C1. The van der Waals surface area contributed by atoms with E-state index in [-0.39, 0.29) is 24.2 Å². The average Bonchev–Trinajstić information content (AvgIpc) is 2.60. The van der Waals surface area contributed by atoms with Crippen molar-refractivity contribution in [2.45, 2.75) is 50.4 Å². The van der Waals surface area contributed by atoms with Crippen LogP contribution in [0.4, 0.5) is 0 Å². The molecule has 2 fully saturated rings. The molecular formula is C18H24BrNO4. The van der Waals surface area contributed by atoms with Crippen LogP contribution in [0.1, 0.15) is 31.2 Å². The van der Waals surface area contributed by atoms with Crippen LogP contribution in [0.3, 0.4) is 0 Å². The molecule has 0 spiro atoms. The number of fused-ring (bicyclic) bond motifs is 1. The molecule has 1 amide bonds. The lowest BCUT2D eigenvalue weighted by Crippen LogP contribution is -2.49. The van der Waals surface area contributed by atoms with E-state index in [0.29, 0.717) is 26.1 Å². The number of aryl methyl sites for hydroxylation is 1. The number of halogens is 1. The summed E-state index contributed by atoms with van der Waals surface area (Å²) in [7, 11) is 1.65. The number of hydrogen-bond donors (Lipinski definition) is 1. The first kappa shape index (κ1) is 17.7. The van der Waals surface area contributed by atoms with Gasteiger partial charge in [-0.15, -0.1) is 0 Å². The maximum atomic E-state index is 12.3. The van der Waals surface area contributed by atoms with Gasteiger partial charge in [-0.3, -0.25) is 4.79 Å². The van der Waals surface area contributed by atoms with E-state index in [4.69, 9.17) is 14.2 Å². The first-order valence-electron chi connectivity index (χ1n) is 8.50. The van der Waals surface area contributed by atoms with Gasteiger partial charge in [-0.2, -0.15) is 0 Å². The van der Waals surface area contributed by atoms with Crippen LogP contribution < -0.4 is 10.1 Å². The Hall–Kier alpha value is -1.11. The number of ether oxygens (including phenoxy) is 3. The molecule has 1 heterocycles. The molecule has 1 N–H and O–H groups in total. The Kier molecular flexibility index (Phi) is 6.14. The van der Waals surface area contributed by atoms with Gasteiger partial charge in [0.05, 0.1) is 32.5 Å². The highest BCUT2D eigenvalue weighted by Crippen LogP contribution is 2.27. The molecule has 3 rings (SSSR count). The van der Waals surface area contributed by atoms with Crippen LogP contribution in [0.2, 0.25) is 0 Å². The number of amides is 1. The highest BCUT2D eigenvalue weighted by Gasteiger charge is 2.34. The van der Waals surface area contributed by atoms with E-state index in [2.05, 4.69) is 21.2 Å². The minimum atomic E-state index is 0.0807. The molecule has 132 valence electrons. The normalized spacial score (nSPS) is 26.5. The molecule has 3 unspecified atom stereocenters. The van der Waals surface area contributed by atoms with Crippen LogP contribution in [0.5, 0.6) is 5.75 Å². The van der Waals surface area contributed by atoms with Crippen molar-refractivity contribution in [3.63, 3.8) is 0 Å². The lowest BCUT2D eigenvalue weighted by Gasteiger charge is -2.39. The van der Waals surface area contributed by atoms with Crippen LogP contribution in [0, 0.1) is 0 Å². The summed E-state index contributed by atoms with van der Waals surface area (Å²) < 4.78 is 17.8. The molecule has 1 aliphatic carbocycles. The predicted octanol–water partition coefficient (Wildman–Crippen LogP) is 2.84. The summed E-state index contributed by atoms with van der Waals surface area (Å²) in [5.74, 6) is 0.900. The van der Waals surface area contributed by atoms with Crippen molar-refractivity contribution in [2.75, 3.05) is 20.3 Å². The first-order valence-corrected chi connectivity index (χ1v) is 9.30. The number of carbonyl (C=O) groups is 1. The van der Waals surface area contributed by atoms with E-state index >= 15 is 0 Å². The third kappa shape index (κ3) is 4.49. The maximum absolute atomic E-state index is 12.3. The first-order chi connectivity index (χ1) is 11.7. The largest absolute Gasteiger partial charge is 0.496 e. The van der Waals surface area contributed by atoms with Crippen molar-refractivity contribution in [1.29, 1.82) is 0 Å². The molecule has 1 aromatic carbocycles. The molecule has 6 heteroatoms. The molecule has 1 aromatic rings. The Morgan fingerprint density at radius 2 is 2.08 bits per heavy atom. The Morgan fingerprint density at radius 3 is 2.88 bits per heavy atom. The zero-order chi connectivity index (χ0) is 16.9. The molecule has 1 saturated heterocycles. The third-order valence-electron chi connectivity index (χ3n) is 4.71. The van der Waals surface area contributed by atoms with Crippen molar-refractivity contribution >= 4 is 21.8 Å². The second-order valence-electron chi connectivity index (χ2n) is 6.35. The molecule has 1 aliphatic heterocycles. The van der Waals surface area contributed by atoms with Crippen LogP contribution in [-0.2, 0) is 20.7 Å². The number of benzene rings is 1. The molecule has 1 saturated carbocycles. The summed E-state index contributed by atoms with van der Waals surface area (Å²) in [6, 6.07) is 6.04. The van der Waals surface area contributed by atoms with Gasteiger partial charge >= 0.3 is 0 Å². The second kappa shape index (κ2) is 8.32. The minimum absolute atomic E-state index is 0.0807. The van der Waals surface area contributed by atoms with Gasteiger partial charge in [0.2, 0.25) is 5.91 Å². The summed E-state index contributed by atoms with van der Waals surface area (Å²) in [5, 5.41) is 3.15. The van der Waals surface area contributed by atoms with Crippen molar-refractivity contribution < 1.29 is 19.0 Å². The van der Waals surface area contributed by atoms with Gasteiger partial charge in [0.1, 0.15) is 5.75 Å². The van der Waals surface area contributed by atoms with Crippen LogP contribution >= 0.6 is 15.9 Å². The molecule has 0 radical (unpaired) electrons. The minimum Gasteiger partial charge on any atom is -0.496 e. The second-order valence-corrected chi connectivity index (χ2v) is 7.27. The number of carbonyl (C=O) groups excluding carboxylic acids is 1. The lowest BCUT2D eigenvalue weighted by atomic mass is 9.89. The van der Waals surface area contributed by atoms with E-state index in [9.17, 15) is 4.79 Å². The molecule has 24 heavy (non-hydrogen) atoms. The third-order valence-corrected chi connectivity index (χ3v) is 5.20. The van der Waals surface area contributed by atoms with Gasteiger partial charge in [-0.1, -0.05) is 15.9 Å². The van der Waals surface area contributed by atoms with Crippen LogP contribution in [0.15, 0.2) is 22.7 Å². The van der Waals surface area contributed by atoms with E-state index in [1.54, 1.807) is 7.11 Å². The monoisotopic (exact) mass is 397 g/mol. The number of rotatable bonds is 5. The molecule has 2 aliphatic rings. The highest BCUT2D eigenvalue weighted by molar-refractivity contribution is 9.10. The van der Waals surface area contributed by atoms with Crippen LogP contribution in [-0.4, -0.2) is 44.5 Å². The topological polar surface area (TPSA) is 56.8 Å². The Labute approximate surface area is 151 Å². The van der Waals surface area contributed by atoms with Crippen LogP contribution in [0.25, 0.3) is 0 Å². The van der Waals surface area contributed by atoms with Gasteiger partial charge in [-0.25, -0.2) is 0 Å². The zero-order valence-electron chi connectivity index (χ0n) is 13.9. The Balaban J connectivity index is 1.48. The number of methoxy groups -OCH3 is 1. The fraction of sp³-hybridized carbons (Fsp3) is 0.611. The molecule has 0 aromatic heterocycles. The summed E-state index contributed by atoms with van der Waals surface area (Å²) in [4.78, 5) is 12.3. The van der Waals surface area contributed by atoms with Gasteiger partial charge in [0, 0.05) is 16.9 Å².